The van der Waals surface area contributed by atoms with Crippen LogP contribution in [0, 0.1) is 5.95 Å². The van der Waals surface area contributed by atoms with Crippen molar-refractivity contribution in [1.82, 2.24) is 19.3 Å². The summed E-state index contributed by atoms with van der Waals surface area (Å²) in [5, 5.41) is 13.4. The second-order valence-electron chi connectivity index (χ2n) is 4.96. The van der Waals surface area contributed by atoms with Crippen molar-refractivity contribution in [3.05, 3.63) is 46.1 Å². The topological polar surface area (TPSA) is 90.0 Å². The first-order valence-corrected chi connectivity index (χ1v) is 6.57. The first kappa shape index (κ1) is 13.5. The van der Waals surface area contributed by atoms with Gasteiger partial charge in [0.25, 0.3) is 0 Å². The maximum Gasteiger partial charge on any atom is 0.347 e. The molecule has 1 aliphatic heterocycles. The van der Waals surface area contributed by atoms with E-state index in [1.165, 1.54) is 27.6 Å². The molecule has 8 heteroatoms. The molecule has 0 amide bonds. The van der Waals surface area contributed by atoms with E-state index < -0.39 is 23.6 Å². The van der Waals surface area contributed by atoms with E-state index in [-0.39, 0.29) is 6.54 Å². The zero-order valence-electron chi connectivity index (χ0n) is 11.1. The lowest BCUT2D eigenvalue weighted by Crippen LogP contribution is -2.34. The monoisotopic (exact) mass is 292 g/mol. The highest BCUT2D eigenvalue weighted by Gasteiger charge is 2.30. The molecule has 0 spiro atoms. The Balaban J connectivity index is 1.96. The van der Waals surface area contributed by atoms with Gasteiger partial charge in [-0.15, -0.1) is 0 Å². The van der Waals surface area contributed by atoms with Crippen LogP contribution in [0.15, 0.2) is 23.1 Å². The van der Waals surface area contributed by atoms with Crippen molar-refractivity contribution >= 4 is 5.97 Å². The summed E-state index contributed by atoms with van der Waals surface area (Å²) in [6.07, 6.45) is 3.01. The van der Waals surface area contributed by atoms with E-state index in [0.717, 1.165) is 0 Å². The standard InChI is InChI=1S/C13H13FN4O3/c14-10-5-4-8(6-15-10)7-17-13(21)18-9(12(19)20)2-1-3-11(18)16-17/h4-6,9H,1-3,7H2,(H,19,20)/t9-/m0/s1. The van der Waals surface area contributed by atoms with E-state index >= 15 is 0 Å². The number of aliphatic carboxylic acids is 1. The molecule has 1 aliphatic rings. The van der Waals surface area contributed by atoms with E-state index in [1.54, 1.807) is 0 Å². The summed E-state index contributed by atoms with van der Waals surface area (Å²) >= 11 is 0. The fraction of sp³-hybridized carbons (Fsp3) is 0.385. The van der Waals surface area contributed by atoms with E-state index in [4.69, 9.17) is 0 Å². The van der Waals surface area contributed by atoms with Gasteiger partial charge in [-0.3, -0.25) is 4.57 Å². The molecular formula is C13H13FN4O3. The zero-order chi connectivity index (χ0) is 15.0. The molecule has 1 atom stereocenters. The lowest BCUT2D eigenvalue weighted by Gasteiger charge is -2.19. The number of hydrogen-bond donors (Lipinski definition) is 1. The Kier molecular flexibility index (Phi) is 3.28. The van der Waals surface area contributed by atoms with Crippen molar-refractivity contribution in [2.24, 2.45) is 0 Å². The average Bonchev–Trinajstić information content (AvgIpc) is 2.78. The maximum absolute atomic E-state index is 12.8. The molecule has 0 bridgehead atoms. The summed E-state index contributed by atoms with van der Waals surface area (Å²) in [6, 6.07) is 1.86. The van der Waals surface area contributed by atoms with Crippen molar-refractivity contribution in [3.8, 4) is 0 Å². The Hall–Kier alpha value is -2.51. The molecule has 110 valence electrons. The second kappa shape index (κ2) is 5.12. The smallest absolute Gasteiger partial charge is 0.347 e. The van der Waals surface area contributed by atoms with E-state index in [9.17, 15) is 19.1 Å². The first-order valence-electron chi connectivity index (χ1n) is 6.57. The number of carboxylic acid groups (broad SMARTS) is 1. The summed E-state index contributed by atoms with van der Waals surface area (Å²) in [5.41, 5.74) is 0.169. The van der Waals surface area contributed by atoms with Gasteiger partial charge in [0.1, 0.15) is 11.9 Å². The van der Waals surface area contributed by atoms with Crippen LogP contribution < -0.4 is 5.69 Å². The third-order valence-electron chi connectivity index (χ3n) is 3.54. The normalized spacial score (nSPS) is 17.5. The van der Waals surface area contributed by atoms with E-state index in [1.807, 2.05) is 0 Å². The van der Waals surface area contributed by atoms with Crippen LogP contribution in [0.5, 0.6) is 0 Å². The minimum Gasteiger partial charge on any atom is -0.480 e. The highest BCUT2D eigenvalue weighted by molar-refractivity contribution is 5.72. The van der Waals surface area contributed by atoms with Crippen LogP contribution in [0.3, 0.4) is 0 Å². The number of hydrogen-bond acceptors (Lipinski definition) is 4. The molecule has 0 aliphatic carbocycles. The Morgan fingerprint density at radius 1 is 1.48 bits per heavy atom. The van der Waals surface area contributed by atoms with Crippen LogP contribution in [0.1, 0.15) is 30.3 Å². The van der Waals surface area contributed by atoms with Gasteiger partial charge >= 0.3 is 11.7 Å². The van der Waals surface area contributed by atoms with Crippen molar-refractivity contribution in [2.75, 3.05) is 0 Å². The van der Waals surface area contributed by atoms with Crippen molar-refractivity contribution < 1.29 is 14.3 Å². The number of pyridine rings is 1. The summed E-state index contributed by atoms with van der Waals surface area (Å²) < 4.78 is 15.2. The molecule has 7 nitrogen and oxygen atoms in total. The van der Waals surface area contributed by atoms with Crippen molar-refractivity contribution in [1.29, 1.82) is 0 Å². The number of rotatable bonds is 3. The van der Waals surface area contributed by atoms with Gasteiger partial charge in [-0.1, -0.05) is 6.07 Å². The highest BCUT2D eigenvalue weighted by Crippen LogP contribution is 2.21. The van der Waals surface area contributed by atoms with Crippen LogP contribution in [0.2, 0.25) is 0 Å². The minimum atomic E-state index is -1.03. The van der Waals surface area contributed by atoms with Crippen molar-refractivity contribution in [2.45, 2.75) is 31.8 Å². The van der Waals surface area contributed by atoms with Gasteiger partial charge in [0.15, 0.2) is 0 Å². The Morgan fingerprint density at radius 3 is 2.95 bits per heavy atom. The highest BCUT2D eigenvalue weighted by atomic mass is 19.1. The third kappa shape index (κ3) is 2.44. The van der Waals surface area contributed by atoms with Gasteiger partial charge in [-0.05, 0) is 24.5 Å². The summed E-state index contributed by atoms with van der Waals surface area (Å²) in [7, 11) is 0. The molecular weight excluding hydrogens is 279 g/mol. The van der Waals surface area contributed by atoms with Gasteiger partial charge in [-0.2, -0.15) is 9.49 Å². The predicted octanol–water partition coefficient (Wildman–Crippen LogP) is 0.589. The summed E-state index contributed by atoms with van der Waals surface area (Å²) in [5.74, 6) is -1.14. The van der Waals surface area contributed by atoms with Crippen LogP contribution in [-0.4, -0.2) is 30.4 Å². The number of aromatic nitrogens is 4. The fourth-order valence-corrected chi connectivity index (χ4v) is 2.54. The van der Waals surface area contributed by atoms with Gasteiger partial charge in [0.05, 0.1) is 6.54 Å². The summed E-state index contributed by atoms with van der Waals surface area (Å²) in [4.78, 5) is 27.1. The molecule has 21 heavy (non-hydrogen) atoms. The molecule has 0 saturated carbocycles. The molecule has 0 aromatic carbocycles. The Bertz CT molecular complexity index is 735. The van der Waals surface area contributed by atoms with Crippen molar-refractivity contribution in [3.63, 3.8) is 0 Å². The molecule has 0 unspecified atom stereocenters. The lowest BCUT2D eigenvalue weighted by molar-refractivity contribution is -0.141. The molecule has 3 heterocycles. The number of fused-ring (bicyclic) bond motifs is 1. The SMILES string of the molecule is O=C(O)[C@@H]1CCCc2nn(Cc3ccc(F)nc3)c(=O)n21. The van der Waals surface area contributed by atoms with Gasteiger partial charge in [-0.25, -0.2) is 19.3 Å². The van der Waals surface area contributed by atoms with Gasteiger partial charge in [0.2, 0.25) is 5.95 Å². The third-order valence-corrected chi connectivity index (χ3v) is 3.54. The number of carbonyl (C=O) groups is 1. The molecule has 2 aromatic rings. The predicted molar refractivity (Wildman–Crippen MR) is 69.4 cm³/mol. The number of aryl methyl sites for hydroxylation is 1. The maximum atomic E-state index is 12.8. The second-order valence-corrected chi connectivity index (χ2v) is 4.96. The molecule has 1 N–H and O–H groups in total. The quantitative estimate of drug-likeness (QED) is 0.836. The Morgan fingerprint density at radius 2 is 2.29 bits per heavy atom. The van der Waals surface area contributed by atoms with E-state index in [2.05, 4.69) is 10.1 Å². The summed E-state index contributed by atoms with van der Waals surface area (Å²) in [6.45, 7) is 0.137. The van der Waals surface area contributed by atoms with Crippen LogP contribution in [-0.2, 0) is 17.8 Å². The number of nitrogens with zero attached hydrogens (tertiary/aromatic N) is 4. The minimum absolute atomic E-state index is 0.137. The molecule has 0 saturated heterocycles. The molecule has 3 rings (SSSR count). The van der Waals surface area contributed by atoms with E-state index in [0.29, 0.717) is 30.7 Å². The van der Waals surface area contributed by atoms with Crippen LogP contribution >= 0.6 is 0 Å². The van der Waals surface area contributed by atoms with Gasteiger partial charge in [0, 0.05) is 12.6 Å². The largest absolute Gasteiger partial charge is 0.480 e. The lowest BCUT2D eigenvalue weighted by atomic mass is 10.1. The van der Waals surface area contributed by atoms with Crippen LogP contribution in [0.25, 0.3) is 0 Å². The number of carboxylic acids is 1. The average molecular weight is 292 g/mol. The molecule has 0 radical (unpaired) electrons. The Labute approximate surface area is 118 Å². The molecule has 2 aromatic heterocycles. The van der Waals surface area contributed by atoms with Gasteiger partial charge < -0.3 is 5.11 Å². The van der Waals surface area contributed by atoms with Crippen LogP contribution in [0.4, 0.5) is 4.39 Å². The molecule has 0 fully saturated rings. The number of halogens is 1. The first-order chi connectivity index (χ1) is 10.1. The fourth-order valence-electron chi connectivity index (χ4n) is 2.54. The zero-order valence-corrected chi connectivity index (χ0v) is 11.1.